The molecule has 10 heteroatoms. The van der Waals surface area contributed by atoms with Gasteiger partial charge in [0.2, 0.25) is 0 Å². The fourth-order valence-corrected chi connectivity index (χ4v) is 3.59. The summed E-state index contributed by atoms with van der Waals surface area (Å²) in [5.41, 5.74) is 8.79. The molecule has 1 aromatic carbocycles. The molecule has 0 saturated carbocycles. The van der Waals surface area contributed by atoms with Gasteiger partial charge in [0.05, 0.1) is 35.7 Å². The van der Waals surface area contributed by atoms with Crippen LogP contribution in [0.1, 0.15) is 11.4 Å². The first-order chi connectivity index (χ1) is 14.5. The second kappa shape index (κ2) is 6.89. The number of hydrogen-bond donors (Lipinski definition) is 1. The van der Waals surface area contributed by atoms with E-state index in [9.17, 15) is 4.79 Å². The lowest BCUT2D eigenvalue weighted by Gasteiger charge is -2.15. The summed E-state index contributed by atoms with van der Waals surface area (Å²) in [6.07, 6.45) is 4.53. The van der Waals surface area contributed by atoms with E-state index in [-0.39, 0.29) is 12.1 Å². The predicted octanol–water partition coefficient (Wildman–Crippen LogP) is 2.51. The van der Waals surface area contributed by atoms with E-state index in [0.717, 1.165) is 5.56 Å². The minimum atomic E-state index is -0.184. The van der Waals surface area contributed by atoms with Crippen molar-refractivity contribution in [1.29, 1.82) is 0 Å². The molecule has 0 aliphatic carbocycles. The number of fused-ring (bicyclic) bond motifs is 2. The Morgan fingerprint density at radius 1 is 1.10 bits per heavy atom. The number of rotatable bonds is 3. The molecule has 4 aromatic heterocycles. The highest BCUT2D eigenvalue weighted by Gasteiger charge is 2.17. The van der Waals surface area contributed by atoms with Crippen LogP contribution < -0.4 is 11.3 Å². The molecule has 0 atom stereocenters. The van der Waals surface area contributed by atoms with E-state index in [0.29, 0.717) is 44.5 Å². The van der Waals surface area contributed by atoms with Crippen LogP contribution >= 0.6 is 11.6 Å². The molecule has 30 heavy (non-hydrogen) atoms. The van der Waals surface area contributed by atoms with Crippen molar-refractivity contribution < 1.29 is 0 Å². The summed E-state index contributed by atoms with van der Waals surface area (Å²) in [6, 6.07) is 8.96. The maximum atomic E-state index is 13.5. The number of nitrogen functional groups attached to an aromatic ring is 1. The predicted molar refractivity (Wildman–Crippen MR) is 114 cm³/mol. The third-order valence-corrected chi connectivity index (χ3v) is 5.11. The number of aromatic nitrogens is 7. The van der Waals surface area contributed by atoms with Gasteiger partial charge in [0, 0.05) is 0 Å². The van der Waals surface area contributed by atoms with Crippen LogP contribution in [0.3, 0.4) is 0 Å². The quantitative estimate of drug-likeness (QED) is 0.447. The molecule has 0 fully saturated rings. The van der Waals surface area contributed by atoms with Crippen LogP contribution in [0.15, 0.2) is 54.0 Å². The van der Waals surface area contributed by atoms with Crippen molar-refractivity contribution in [2.75, 3.05) is 5.73 Å². The fraction of sp³-hybridized carbons (Fsp3) is 0.100. The van der Waals surface area contributed by atoms with Crippen LogP contribution in [0.25, 0.3) is 27.8 Å². The number of halogens is 1. The van der Waals surface area contributed by atoms with Crippen LogP contribution in [0.2, 0.25) is 5.15 Å². The largest absolute Gasteiger partial charge is 0.382 e. The lowest BCUT2D eigenvalue weighted by atomic mass is 10.1. The first kappa shape index (κ1) is 18.2. The second-order valence-corrected chi connectivity index (χ2v) is 7.17. The van der Waals surface area contributed by atoms with Crippen molar-refractivity contribution in [2.45, 2.75) is 13.5 Å². The number of pyridine rings is 1. The summed E-state index contributed by atoms with van der Waals surface area (Å²) in [5, 5.41) is 0.893. The van der Waals surface area contributed by atoms with E-state index in [1.807, 2.05) is 25.1 Å². The molecule has 9 nitrogen and oxygen atoms in total. The molecular formula is C20H15ClN8O. The molecule has 148 valence electrons. The molecule has 0 aliphatic rings. The Labute approximate surface area is 174 Å². The first-order valence-electron chi connectivity index (χ1n) is 9.07. The fourth-order valence-electron chi connectivity index (χ4n) is 3.48. The minimum Gasteiger partial charge on any atom is -0.382 e. The van der Waals surface area contributed by atoms with Crippen LogP contribution in [0, 0.1) is 6.92 Å². The van der Waals surface area contributed by atoms with Gasteiger partial charge in [-0.05, 0) is 30.7 Å². The molecule has 0 bridgehead atoms. The minimum absolute atomic E-state index is 0.184. The number of aryl methyl sites for hydroxylation is 1. The molecule has 0 amide bonds. The van der Waals surface area contributed by atoms with Gasteiger partial charge in [0.25, 0.3) is 5.56 Å². The number of hydrogen-bond acceptors (Lipinski definition) is 7. The van der Waals surface area contributed by atoms with E-state index in [2.05, 4.69) is 19.9 Å². The van der Waals surface area contributed by atoms with E-state index in [1.54, 1.807) is 29.2 Å². The summed E-state index contributed by atoms with van der Waals surface area (Å²) in [5.74, 6) is 0.791. The average molecular weight is 419 g/mol. The number of anilines is 1. The third-order valence-electron chi connectivity index (χ3n) is 4.89. The highest BCUT2D eigenvalue weighted by Crippen LogP contribution is 2.19. The number of benzene rings is 1. The number of imidazole rings is 1. The zero-order valence-electron chi connectivity index (χ0n) is 15.8. The van der Waals surface area contributed by atoms with Crippen molar-refractivity contribution in [3.8, 4) is 5.69 Å². The van der Waals surface area contributed by atoms with E-state index >= 15 is 0 Å². The summed E-state index contributed by atoms with van der Waals surface area (Å²) in [6.45, 7) is 2.13. The van der Waals surface area contributed by atoms with Crippen molar-refractivity contribution >= 4 is 39.5 Å². The van der Waals surface area contributed by atoms with Gasteiger partial charge in [-0.15, -0.1) is 0 Å². The summed E-state index contributed by atoms with van der Waals surface area (Å²) < 4.78 is 3.31. The monoisotopic (exact) mass is 418 g/mol. The van der Waals surface area contributed by atoms with Crippen molar-refractivity contribution in [1.82, 2.24) is 34.1 Å². The molecule has 0 spiro atoms. The van der Waals surface area contributed by atoms with Gasteiger partial charge in [-0.3, -0.25) is 9.36 Å². The Balaban J connectivity index is 1.77. The third kappa shape index (κ3) is 2.87. The van der Waals surface area contributed by atoms with Gasteiger partial charge in [-0.2, -0.15) is 0 Å². The van der Waals surface area contributed by atoms with E-state index in [4.69, 9.17) is 22.3 Å². The molecule has 0 saturated heterocycles. The normalized spacial score (nSPS) is 11.4. The van der Waals surface area contributed by atoms with Gasteiger partial charge in [-0.25, -0.2) is 24.9 Å². The Kier molecular flexibility index (Phi) is 4.18. The molecule has 0 radical (unpaired) electrons. The maximum absolute atomic E-state index is 13.5. The summed E-state index contributed by atoms with van der Waals surface area (Å²) in [4.78, 5) is 34.9. The molecule has 2 N–H and O–H groups in total. The maximum Gasteiger partial charge on any atom is 0.266 e. The highest BCUT2D eigenvalue weighted by atomic mass is 35.5. The Hall–Kier alpha value is -3.85. The zero-order valence-corrected chi connectivity index (χ0v) is 16.6. The van der Waals surface area contributed by atoms with Crippen molar-refractivity contribution in [3.63, 3.8) is 0 Å². The lowest BCUT2D eigenvalue weighted by molar-refractivity contribution is 0.717. The first-order valence-corrected chi connectivity index (χ1v) is 9.45. The van der Waals surface area contributed by atoms with Gasteiger partial charge >= 0.3 is 0 Å². The second-order valence-electron chi connectivity index (χ2n) is 6.78. The Morgan fingerprint density at radius 2 is 1.97 bits per heavy atom. The topological polar surface area (TPSA) is 117 Å². The van der Waals surface area contributed by atoms with Crippen LogP contribution in [-0.4, -0.2) is 34.1 Å². The van der Waals surface area contributed by atoms with Gasteiger partial charge < -0.3 is 10.3 Å². The van der Waals surface area contributed by atoms with Gasteiger partial charge in [0.1, 0.15) is 22.8 Å². The smallest absolute Gasteiger partial charge is 0.266 e. The van der Waals surface area contributed by atoms with E-state index in [1.165, 1.54) is 10.9 Å². The number of nitrogens with zero attached hydrogens (tertiary/aromatic N) is 7. The number of nitrogens with two attached hydrogens (primary N) is 1. The van der Waals surface area contributed by atoms with Crippen molar-refractivity contribution in [2.24, 2.45) is 0 Å². The molecule has 0 unspecified atom stereocenters. The highest BCUT2D eigenvalue weighted by molar-refractivity contribution is 6.29. The van der Waals surface area contributed by atoms with Crippen molar-refractivity contribution in [3.05, 3.63) is 76.1 Å². The van der Waals surface area contributed by atoms with Gasteiger partial charge in [0.15, 0.2) is 11.5 Å². The Bertz CT molecular complexity index is 1470. The van der Waals surface area contributed by atoms with E-state index < -0.39 is 0 Å². The standard InChI is InChI=1S/C20H15ClN8O/c1-11-3-2-4-13-16(11)20(30)29(12-5-6-14(21)23-7-12)15(27-13)8-28-10-26-17-18(22)24-9-25-19(17)28/h2-7,9-10H,8H2,1H3,(H2,22,24,25). The van der Waals surface area contributed by atoms with Crippen LogP contribution in [0.5, 0.6) is 0 Å². The average Bonchev–Trinajstić information content (AvgIpc) is 3.13. The summed E-state index contributed by atoms with van der Waals surface area (Å²) in [7, 11) is 0. The molecule has 5 rings (SSSR count). The van der Waals surface area contributed by atoms with Gasteiger partial charge in [-0.1, -0.05) is 23.7 Å². The molecule has 0 aliphatic heterocycles. The summed E-state index contributed by atoms with van der Waals surface area (Å²) >= 11 is 5.94. The SMILES string of the molecule is Cc1cccc2nc(Cn3cnc4c(N)ncnc43)n(-c3ccc(Cl)nc3)c(=O)c12. The zero-order chi connectivity index (χ0) is 20.8. The Morgan fingerprint density at radius 3 is 2.77 bits per heavy atom. The lowest BCUT2D eigenvalue weighted by Crippen LogP contribution is -2.26. The molecule has 4 heterocycles. The molecule has 5 aromatic rings. The van der Waals surface area contributed by atoms with Crippen LogP contribution in [0.4, 0.5) is 5.82 Å². The van der Waals surface area contributed by atoms with Crippen LogP contribution in [-0.2, 0) is 6.54 Å². The molecular weight excluding hydrogens is 404 g/mol.